The fourth-order valence-corrected chi connectivity index (χ4v) is 1.82. The lowest BCUT2D eigenvalue weighted by atomic mass is 10.1. The first kappa shape index (κ1) is 11.4. The third-order valence-electron chi connectivity index (χ3n) is 2.70. The van der Waals surface area contributed by atoms with Crippen LogP contribution in [0.3, 0.4) is 0 Å². The van der Waals surface area contributed by atoms with E-state index in [-0.39, 0.29) is 23.5 Å². The third kappa shape index (κ3) is 1.66. The van der Waals surface area contributed by atoms with E-state index in [0.717, 1.165) is 4.90 Å². The fraction of sp³-hybridized carbons (Fsp3) is 0.100. The molecule has 1 aromatic carbocycles. The minimum Gasteiger partial charge on any atom is -0.269 e. The number of imide groups is 1. The average molecular weight is 265 g/mol. The van der Waals surface area contributed by atoms with E-state index in [1.807, 2.05) is 0 Å². The van der Waals surface area contributed by atoms with Gasteiger partial charge in [-0.1, -0.05) is 5.21 Å². The number of fused-ring (bicyclic) bond motifs is 1. The number of halogens is 2. The summed E-state index contributed by atoms with van der Waals surface area (Å²) in [6.07, 6.45) is 0. The Balaban J connectivity index is 2.00. The first-order valence-electron chi connectivity index (χ1n) is 5.15. The number of tetrazole rings is 1. The van der Waals surface area contributed by atoms with Gasteiger partial charge in [-0.15, -0.1) is 10.2 Å². The third-order valence-corrected chi connectivity index (χ3v) is 2.70. The van der Waals surface area contributed by atoms with E-state index in [9.17, 15) is 18.4 Å². The van der Waals surface area contributed by atoms with Crippen molar-refractivity contribution in [3.63, 3.8) is 0 Å². The number of benzene rings is 1. The van der Waals surface area contributed by atoms with Crippen molar-refractivity contribution in [1.82, 2.24) is 25.5 Å². The van der Waals surface area contributed by atoms with Gasteiger partial charge in [-0.25, -0.2) is 8.78 Å². The first-order valence-corrected chi connectivity index (χ1v) is 5.15. The summed E-state index contributed by atoms with van der Waals surface area (Å²) in [7, 11) is 0. The molecule has 9 heteroatoms. The zero-order valence-electron chi connectivity index (χ0n) is 9.22. The predicted octanol–water partition coefficient (Wildman–Crippen LogP) is 0.274. The number of aromatic nitrogens is 4. The minimum absolute atomic E-state index is 0.121. The summed E-state index contributed by atoms with van der Waals surface area (Å²) in [4.78, 5) is 24.7. The van der Waals surface area contributed by atoms with Crippen molar-refractivity contribution in [3.8, 4) is 0 Å². The summed E-state index contributed by atoms with van der Waals surface area (Å²) in [6, 6.07) is 1.42. The van der Waals surface area contributed by atoms with Crippen LogP contribution in [0.1, 0.15) is 26.5 Å². The molecule has 1 aliphatic rings. The molecular weight excluding hydrogens is 260 g/mol. The number of hydrogen-bond acceptors (Lipinski definition) is 5. The van der Waals surface area contributed by atoms with Gasteiger partial charge < -0.3 is 0 Å². The number of H-pyrrole nitrogens is 1. The number of hydrogen-bond donors (Lipinski definition) is 1. The second-order valence-corrected chi connectivity index (χ2v) is 3.84. The fourth-order valence-electron chi connectivity index (χ4n) is 1.82. The zero-order valence-corrected chi connectivity index (χ0v) is 9.22. The molecule has 1 aliphatic heterocycles. The molecule has 0 bridgehead atoms. The first-order chi connectivity index (χ1) is 9.08. The molecule has 19 heavy (non-hydrogen) atoms. The minimum atomic E-state index is -1.18. The predicted molar refractivity (Wildman–Crippen MR) is 54.7 cm³/mol. The van der Waals surface area contributed by atoms with E-state index in [0.29, 0.717) is 12.1 Å². The molecule has 2 aromatic rings. The Morgan fingerprint density at radius 2 is 1.68 bits per heavy atom. The van der Waals surface area contributed by atoms with Crippen molar-refractivity contribution < 1.29 is 18.4 Å². The van der Waals surface area contributed by atoms with Gasteiger partial charge in [0.2, 0.25) is 0 Å². The molecule has 0 atom stereocenters. The summed E-state index contributed by atoms with van der Waals surface area (Å²) >= 11 is 0. The molecule has 2 amide bonds. The van der Waals surface area contributed by atoms with E-state index in [4.69, 9.17) is 0 Å². The van der Waals surface area contributed by atoms with Crippen molar-refractivity contribution in [1.29, 1.82) is 0 Å². The number of nitrogens with one attached hydrogen (secondary N) is 1. The Kier molecular flexibility index (Phi) is 2.34. The van der Waals surface area contributed by atoms with Gasteiger partial charge in [0.05, 0.1) is 17.7 Å². The van der Waals surface area contributed by atoms with Crippen molar-refractivity contribution in [2.24, 2.45) is 0 Å². The smallest absolute Gasteiger partial charge is 0.262 e. The van der Waals surface area contributed by atoms with Crippen LogP contribution in [0.25, 0.3) is 0 Å². The van der Waals surface area contributed by atoms with Gasteiger partial charge in [0.1, 0.15) is 0 Å². The summed E-state index contributed by atoms with van der Waals surface area (Å²) in [5.74, 6) is -3.68. The number of amides is 2. The highest BCUT2D eigenvalue weighted by atomic mass is 19.2. The van der Waals surface area contributed by atoms with Crippen LogP contribution in [0, 0.1) is 11.6 Å². The SMILES string of the molecule is O=C1c2cc(F)c(F)cc2C(=O)N1Cc1nn[nH]n1. The molecule has 0 radical (unpaired) electrons. The van der Waals surface area contributed by atoms with Crippen molar-refractivity contribution in [3.05, 3.63) is 40.7 Å². The van der Waals surface area contributed by atoms with Crippen LogP contribution in [-0.4, -0.2) is 37.3 Å². The van der Waals surface area contributed by atoms with E-state index in [1.165, 1.54) is 0 Å². The molecule has 7 nitrogen and oxygen atoms in total. The van der Waals surface area contributed by atoms with Gasteiger partial charge in [0, 0.05) is 0 Å². The van der Waals surface area contributed by atoms with Crippen LogP contribution in [0.5, 0.6) is 0 Å². The molecule has 0 fully saturated rings. The Bertz CT molecular complexity index is 644. The Morgan fingerprint density at radius 3 is 2.16 bits per heavy atom. The molecule has 0 aliphatic carbocycles. The molecule has 3 rings (SSSR count). The van der Waals surface area contributed by atoms with Gasteiger partial charge in [-0.3, -0.25) is 14.5 Å². The van der Waals surface area contributed by atoms with Gasteiger partial charge in [0.15, 0.2) is 17.5 Å². The molecule has 0 saturated carbocycles. The van der Waals surface area contributed by atoms with Gasteiger partial charge in [-0.2, -0.15) is 5.21 Å². The van der Waals surface area contributed by atoms with Gasteiger partial charge >= 0.3 is 0 Å². The molecular formula is C10H5F2N5O2. The van der Waals surface area contributed by atoms with Gasteiger partial charge in [0.25, 0.3) is 11.8 Å². The lowest BCUT2D eigenvalue weighted by Crippen LogP contribution is -2.29. The van der Waals surface area contributed by atoms with Crippen LogP contribution in [-0.2, 0) is 6.54 Å². The van der Waals surface area contributed by atoms with E-state index in [2.05, 4.69) is 20.6 Å². The summed E-state index contributed by atoms with van der Waals surface area (Å²) in [5, 5.41) is 12.7. The molecule has 0 unspecified atom stereocenters. The lowest BCUT2D eigenvalue weighted by Gasteiger charge is -2.09. The number of aromatic amines is 1. The van der Waals surface area contributed by atoms with Crippen LogP contribution >= 0.6 is 0 Å². The number of nitrogens with zero attached hydrogens (tertiary/aromatic N) is 4. The van der Waals surface area contributed by atoms with E-state index >= 15 is 0 Å². The second kappa shape index (κ2) is 3.90. The highest BCUT2D eigenvalue weighted by Gasteiger charge is 2.37. The summed E-state index contributed by atoms with van der Waals surface area (Å²) < 4.78 is 26.2. The van der Waals surface area contributed by atoms with Crippen LogP contribution in [0.4, 0.5) is 8.78 Å². The standard InChI is InChI=1S/C10H5F2N5O2/c11-6-1-4-5(2-7(6)12)10(19)17(9(4)18)3-8-13-15-16-14-8/h1-2H,3H2,(H,13,14,15,16). The van der Waals surface area contributed by atoms with Crippen molar-refractivity contribution in [2.75, 3.05) is 0 Å². The number of rotatable bonds is 2. The topological polar surface area (TPSA) is 91.8 Å². The number of carbonyl (C=O) groups is 2. The Hall–Kier alpha value is -2.71. The van der Waals surface area contributed by atoms with Gasteiger partial charge in [-0.05, 0) is 12.1 Å². The van der Waals surface area contributed by atoms with Crippen LogP contribution in [0.15, 0.2) is 12.1 Å². The van der Waals surface area contributed by atoms with Crippen LogP contribution < -0.4 is 0 Å². The van der Waals surface area contributed by atoms with Crippen molar-refractivity contribution in [2.45, 2.75) is 6.54 Å². The largest absolute Gasteiger partial charge is 0.269 e. The normalized spacial score (nSPS) is 14.1. The quantitative estimate of drug-likeness (QED) is 0.787. The van der Waals surface area contributed by atoms with E-state index < -0.39 is 23.4 Å². The van der Waals surface area contributed by atoms with Crippen molar-refractivity contribution >= 4 is 11.8 Å². The monoisotopic (exact) mass is 265 g/mol. The maximum atomic E-state index is 13.1. The molecule has 1 aromatic heterocycles. The maximum absolute atomic E-state index is 13.1. The Morgan fingerprint density at radius 1 is 1.11 bits per heavy atom. The number of carbonyl (C=O) groups excluding carboxylic acids is 2. The van der Waals surface area contributed by atoms with Crippen LogP contribution in [0.2, 0.25) is 0 Å². The van der Waals surface area contributed by atoms with E-state index in [1.54, 1.807) is 0 Å². The highest BCUT2D eigenvalue weighted by molar-refractivity contribution is 6.21. The molecule has 0 saturated heterocycles. The zero-order chi connectivity index (χ0) is 13.6. The molecule has 0 spiro atoms. The maximum Gasteiger partial charge on any atom is 0.262 e. The summed E-state index contributed by atoms with van der Waals surface area (Å²) in [6.45, 7) is -0.216. The average Bonchev–Trinajstić information content (AvgIpc) is 2.96. The summed E-state index contributed by atoms with van der Waals surface area (Å²) in [5.41, 5.74) is -0.347. The molecule has 1 N–H and O–H groups in total. The molecule has 2 heterocycles. The Labute approximate surface area is 104 Å². The lowest BCUT2D eigenvalue weighted by molar-refractivity contribution is 0.0638. The highest BCUT2D eigenvalue weighted by Crippen LogP contribution is 2.26. The molecule has 96 valence electrons. The second-order valence-electron chi connectivity index (χ2n) is 3.84.